The number of hydrogen-bond acceptors (Lipinski definition) is 2. The van der Waals surface area contributed by atoms with Crippen LogP contribution in [0.1, 0.15) is 11.9 Å². The van der Waals surface area contributed by atoms with Crippen LogP contribution in [0.2, 0.25) is 0 Å². The van der Waals surface area contributed by atoms with Crippen LogP contribution >= 0.6 is 15.9 Å². The van der Waals surface area contributed by atoms with Crippen molar-refractivity contribution in [1.82, 2.24) is 4.98 Å². The van der Waals surface area contributed by atoms with Gasteiger partial charge in [0.1, 0.15) is 0 Å². The molecule has 11 heavy (non-hydrogen) atoms. The molecule has 0 bridgehead atoms. The Morgan fingerprint density at radius 2 is 2.36 bits per heavy atom. The summed E-state index contributed by atoms with van der Waals surface area (Å²) in [6, 6.07) is 3.35. The third-order valence-electron chi connectivity index (χ3n) is 1.28. The van der Waals surface area contributed by atoms with Gasteiger partial charge in [0.2, 0.25) is 0 Å². The molecule has 2 N–H and O–H groups in total. The predicted molar refractivity (Wildman–Crippen MR) is 44.8 cm³/mol. The lowest BCUT2D eigenvalue weighted by atomic mass is 10.2. The van der Waals surface area contributed by atoms with E-state index >= 15 is 0 Å². The highest BCUT2D eigenvalue weighted by Gasteiger charge is 2.07. The van der Waals surface area contributed by atoms with Gasteiger partial charge in [-0.05, 0) is 28.1 Å². The molecule has 1 aromatic rings. The molecule has 0 aliphatic carbocycles. The Labute approximate surface area is 72.8 Å². The van der Waals surface area contributed by atoms with Crippen molar-refractivity contribution in [3.05, 3.63) is 28.5 Å². The van der Waals surface area contributed by atoms with Crippen LogP contribution in [0.3, 0.4) is 0 Å². The molecular weight excluding hydrogens is 211 g/mol. The normalized spacial score (nSPS) is 13.0. The summed E-state index contributed by atoms with van der Waals surface area (Å²) in [5.41, 5.74) is 5.50. The molecule has 1 unspecified atom stereocenters. The van der Waals surface area contributed by atoms with Gasteiger partial charge in [-0.3, -0.25) is 4.98 Å². The third kappa shape index (κ3) is 2.24. The standard InChI is InChI=1S/C7H8BrFN2/c8-5-1-2-7(11-4-5)6(9)3-10/h1-2,4,6H,3,10H2. The lowest BCUT2D eigenvalue weighted by molar-refractivity contribution is 0.345. The first-order valence-corrected chi connectivity index (χ1v) is 3.99. The third-order valence-corrected chi connectivity index (χ3v) is 1.75. The van der Waals surface area contributed by atoms with Gasteiger partial charge in [0, 0.05) is 17.2 Å². The van der Waals surface area contributed by atoms with Crippen LogP contribution < -0.4 is 5.73 Å². The minimum absolute atomic E-state index is 0.0192. The lowest BCUT2D eigenvalue weighted by Crippen LogP contribution is -2.08. The predicted octanol–water partition coefficient (Wildman–Crippen LogP) is 1.81. The van der Waals surface area contributed by atoms with Crippen LogP contribution in [0.5, 0.6) is 0 Å². The minimum Gasteiger partial charge on any atom is -0.327 e. The molecule has 4 heteroatoms. The average Bonchev–Trinajstić information content (AvgIpc) is 2.05. The fraction of sp³-hybridized carbons (Fsp3) is 0.286. The molecule has 1 aromatic heterocycles. The molecule has 2 nitrogen and oxygen atoms in total. The van der Waals surface area contributed by atoms with Crippen LogP contribution in [0.25, 0.3) is 0 Å². The van der Waals surface area contributed by atoms with Crippen LogP contribution in [0, 0.1) is 0 Å². The van der Waals surface area contributed by atoms with Gasteiger partial charge < -0.3 is 5.73 Å². The molecule has 60 valence electrons. The van der Waals surface area contributed by atoms with Crippen LogP contribution in [0.15, 0.2) is 22.8 Å². The zero-order chi connectivity index (χ0) is 8.27. The first-order chi connectivity index (χ1) is 5.24. The Balaban J connectivity index is 2.81. The number of halogens is 2. The Bertz CT molecular complexity index is 224. The van der Waals surface area contributed by atoms with Crippen molar-refractivity contribution in [3.8, 4) is 0 Å². The van der Waals surface area contributed by atoms with Crippen molar-refractivity contribution in [2.75, 3.05) is 6.54 Å². The van der Waals surface area contributed by atoms with Gasteiger partial charge in [-0.15, -0.1) is 0 Å². The molecule has 0 spiro atoms. The summed E-state index contributed by atoms with van der Waals surface area (Å²) < 4.78 is 13.6. The SMILES string of the molecule is NCC(F)c1ccc(Br)cn1. The summed E-state index contributed by atoms with van der Waals surface area (Å²) in [6.07, 6.45) is 0.403. The number of nitrogens with zero attached hydrogens (tertiary/aromatic N) is 1. The van der Waals surface area contributed by atoms with E-state index < -0.39 is 6.17 Å². The van der Waals surface area contributed by atoms with Crippen LogP contribution in [-0.2, 0) is 0 Å². The first-order valence-electron chi connectivity index (χ1n) is 3.19. The summed E-state index contributed by atoms with van der Waals surface area (Å²) in [4.78, 5) is 3.85. The average molecular weight is 219 g/mol. The fourth-order valence-electron chi connectivity index (χ4n) is 0.693. The zero-order valence-electron chi connectivity index (χ0n) is 5.80. The molecular formula is C7H8BrFN2. The largest absolute Gasteiger partial charge is 0.327 e. The first kappa shape index (κ1) is 8.62. The summed E-state index contributed by atoms with van der Waals surface area (Å²) in [5, 5.41) is 0. The van der Waals surface area contributed by atoms with E-state index in [0.29, 0.717) is 5.69 Å². The topological polar surface area (TPSA) is 38.9 Å². The number of nitrogens with two attached hydrogens (primary N) is 1. The van der Waals surface area contributed by atoms with Gasteiger partial charge in [-0.1, -0.05) is 0 Å². The van der Waals surface area contributed by atoms with Gasteiger partial charge in [0.05, 0.1) is 5.69 Å². The second-order valence-corrected chi connectivity index (χ2v) is 3.02. The molecule has 1 atom stereocenters. The zero-order valence-corrected chi connectivity index (χ0v) is 7.38. The van der Waals surface area contributed by atoms with E-state index in [4.69, 9.17) is 5.73 Å². The molecule has 1 heterocycles. The number of pyridine rings is 1. The second-order valence-electron chi connectivity index (χ2n) is 2.10. The molecule has 0 aromatic carbocycles. The van der Waals surface area contributed by atoms with Crippen molar-refractivity contribution in [3.63, 3.8) is 0 Å². The van der Waals surface area contributed by atoms with Gasteiger partial charge in [0.25, 0.3) is 0 Å². The summed E-state index contributed by atoms with van der Waals surface area (Å²) in [6.45, 7) is -0.0192. The Hall–Kier alpha value is -0.480. The maximum atomic E-state index is 12.8. The summed E-state index contributed by atoms with van der Waals surface area (Å²) in [5.74, 6) is 0. The Kier molecular flexibility index (Phi) is 2.96. The summed E-state index contributed by atoms with van der Waals surface area (Å²) in [7, 11) is 0. The van der Waals surface area contributed by atoms with E-state index in [1.807, 2.05) is 0 Å². The van der Waals surface area contributed by atoms with Gasteiger partial charge in [0.15, 0.2) is 6.17 Å². The van der Waals surface area contributed by atoms with E-state index in [1.54, 1.807) is 18.3 Å². The van der Waals surface area contributed by atoms with Crippen molar-refractivity contribution in [2.24, 2.45) is 5.73 Å². The van der Waals surface area contributed by atoms with Gasteiger partial charge in [-0.25, -0.2) is 4.39 Å². The summed E-state index contributed by atoms with van der Waals surface area (Å²) >= 11 is 3.20. The monoisotopic (exact) mass is 218 g/mol. The minimum atomic E-state index is -1.15. The Morgan fingerprint density at radius 1 is 1.64 bits per heavy atom. The molecule has 0 radical (unpaired) electrons. The number of rotatable bonds is 2. The van der Waals surface area contributed by atoms with Crippen molar-refractivity contribution < 1.29 is 4.39 Å². The van der Waals surface area contributed by atoms with E-state index in [-0.39, 0.29) is 6.54 Å². The maximum Gasteiger partial charge on any atom is 0.154 e. The highest BCUT2D eigenvalue weighted by molar-refractivity contribution is 9.10. The molecule has 0 aliphatic heterocycles. The number of alkyl halides is 1. The van der Waals surface area contributed by atoms with E-state index in [0.717, 1.165) is 4.47 Å². The maximum absolute atomic E-state index is 12.8. The molecule has 0 amide bonds. The number of aromatic nitrogens is 1. The smallest absolute Gasteiger partial charge is 0.154 e. The highest BCUT2D eigenvalue weighted by atomic mass is 79.9. The van der Waals surface area contributed by atoms with E-state index in [2.05, 4.69) is 20.9 Å². The number of hydrogen-bond donors (Lipinski definition) is 1. The fourth-order valence-corrected chi connectivity index (χ4v) is 0.928. The Morgan fingerprint density at radius 3 is 2.82 bits per heavy atom. The van der Waals surface area contributed by atoms with E-state index in [1.165, 1.54) is 0 Å². The molecule has 0 aliphatic rings. The lowest BCUT2D eigenvalue weighted by Gasteiger charge is -2.02. The van der Waals surface area contributed by atoms with Gasteiger partial charge >= 0.3 is 0 Å². The second kappa shape index (κ2) is 3.78. The van der Waals surface area contributed by atoms with Crippen molar-refractivity contribution in [2.45, 2.75) is 6.17 Å². The molecule has 1 rings (SSSR count). The molecule has 0 saturated heterocycles. The van der Waals surface area contributed by atoms with Gasteiger partial charge in [-0.2, -0.15) is 0 Å². The molecule has 0 fully saturated rings. The van der Waals surface area contributed by atoms with Crippen LogP contribution in [0.4, 0.5) is 4.39 Å². The van der Waals surface area contributed by atoms with Crippen molar-refractivity contribution in [1.29, 1.82) is 0 Å². The van der Waals surface area contributed by atoms with E-state index in [9.17, 15) is 4.39 Å². The highest BCUT2D eigenvalue weighted by Crippen LogP contribution is 2.15. The quantitative estimate of drug-likeness (QED) is 0.823. The molecule has 0 saturated carbocycles. The van der Waals surface area contributed by atoms with Crippen LogP contribution in [-0.4, -0.2) is 11.5 Å². The van der Waals surface area contributed by atoms with Crippen molar-refractivity contribution >= 4 is 15.9 Å².